The fraction of sp³-hybridized carbons (Fsp3) is 0.615. The van der Waals surface area contributed by atoms with Crippen molar-refractivity contribution in [1.82, 2.24) is 9.97 Å². The van der Waals surface area contributed by atoms with Crippen LogP contribution in [0.2, 0.25) is 0 Å². The summed E-state index contributed by atoms with van der Waals surface area (Å²) in [6.45, 7) is 7.63. The van der Waals surface area contributed by atoms with Crippen molar-refractivity contribution in [3.05, 3.63) is 16.5 Å². The van der Waals surface area contributed by atoms with Gasteiger partial charge >= 0.3 is 0 Å². The Morgan fingerprint density at radius 2 is 2.17 bits per heavy atom. The second-order valence-corrected chi connectivity index (χ2v) is 5.10. The molecule has 0 spiro atoms. The standard InChI is InChI=1S/C13H19BrN4/c1-4-6-12-16-11(14)7-13(17-12)18(5-2)9-10(3)8-15/h7,10H,4-6,9H2,1-3H3. The van der Waals surface area contributed by atoms with E-state index in [1.165, 1.54) is 0 Å². The van der Waals surface area contributed by atoms with Crippen LogP contribution in [0.3, 0.4) is 0 Å². The Bertz CT molecular complexity index is 427. The van der Waals surface area contributed by atoms with E-state index < -0.39 is 0 Å². The molecule has 98 valence electrons. The van der Waals surface area contributed by atoms with Crippen LogP contribution in [0.5, 0.6) is 0 Å². The van der Waals surface area contributed by atoms with E-state index in [-0.39, 0.29) is 5.92 Å². The van der Waals surface area contributed by atoms with Crippen LogP contribution in [-0.4, -0.2) is 23.1 Å². The first kappa shape index (κ1) is 14.9. The van der Waals surface area contributed by atoms with E-state index in [0.29, 0.717) is 6.54 Å². The van der Waals surface area contributed by atoms with Crippen LogP contribution in [0.25, 0.3) is 0 Å². The molecule has 0 aliphatic heterocycles. The van der Waals surface area contributed by atoms with Gasteiger partial charge < -0.3 is 4.90 Å². The highest BCUT2D eigenvalue weighted by Crippen LogP contribution is 2.18. The van der Waals surface area contributed by atoms with Gasteiger partial charge in [0, 0.05) is 25.6 Å². The lowest BCUT2D eigenvalue weighted by atomic mass is 10.2. The SMILES string of the molecule is CCCc1nc(Br)cc(N(CC)CC(C)C#N)n1. The number of halogens is 1. The number of aryl methyl sites for hydroxylation is 1. The van der Waals surface area contributed by atoms with Crippen molar-refractivity contribution in [3.8, 4) is 6.07 Å². The molecule has 0 aromatic carbocycles. The van der Waals surface area contributed by atoms with Gasteiger partial charge in [-0.05, 0) is 36.2 Å². The summed E-state index contributed by atoms with van der Waals surface area (Å²) in [7, 11) is 0. The fourth-order valence-corrected chi connectivity index (χ4v) is 2.11. The average Bonchev–Trinajstić information content (AvgIpc) is 2.35. The van der Waals surface area contributed by atoms with Crippen molar-refractivity contribution in [2.24, 2.45) is 5.92 Å². The molecular weight excluding hydrogens is 292 g/mol. The Kier molecular flexibility index (Phi) is 6.06. The van der Waals surface area contributed by atoms with Gasteiger partial charge in [0.1, 0.15) is 16.2 Å². The highest BCUT2D eigenvalue weighted by Gasteiger charge is 2.12. The molecule has 0 saturated heterocycles. The summed E-state index contributed by atoms with van der Waals surface area (Å²) in [6.07, 6.45) is 1.90. The fourth-order valence-electron chi connectivity index (χ4n) is 1.71. The van der Waals surface area contributed by atoms with E-state index in [0.717, 1.165) is 35.6 Å². The topological polar surface area (TPSA) is 52.8 Å². The van der Waals surface area contributed by atoms with Gasteiger partial charge in [0.15, 0.2) is 0 Å². The van der Waals surface area contributed by atoms with Crippen molar-refractivity contribution in [1.29, 1.82) is 5.26 Å². The van der Waals surface area contributed by atoms with E-state index in [4.69, 9.17) is 5.26 Å². The monoisotopic (exact) mass is 310 g/mol. The molecule has 0 bridgehead atoms. The Balaban J connectivity index is 2.94. The number of aromatic nitrogens is 2. The lowest BCUT2D eigenvalue weighted by Crippen LogP contribution is -2.29. The highest BCUT2D eigenvalue weighted by molar-refractivity contribution is 9.10. The lowest BCUT2D eigenvalue weighted by molar-refractivity contribution is 0.674. The molecule has 1 atom stereocenters. The van der Waals surface area contributed by atoms with Gasteiger partial charge in [-0.3, -0.25) is 0 Å². The van der Waals surface area contributed by atoms with Crippen molar-refractivity contribution >= 4 is 21.7 Å². The van der Waals surface area contributed by atoms with Gasteiger partial charge in [0.25, 0.3) is 0 Å². The van der Waals surface area contributed by atoms with Crippen molar-refractivity contribution < 1.29 is 0 Å². The summed E-state index contributed by atoms with van der Waals surface area (Å²) in [5, 5.41) is 8.90. The molecule has 1 aromatic rings. The van der Waals surface area contributed by atoms with Crippen molar-refractivity contribution in [2.45, 2.75) is 33.6 Å². The van der Waals surface area contributed by atoms with Crippen LogP contribution in [0.4, 0.5) is 5.82 Å². The Hall–Kier alpha value is -1.15. The smallest absolute Gasteiger partial charge is 0.133 e. The molecule has 1 unspecified atom stereocenters. The zero-order valence-corrected chi connectivity index (χ0v) is 12.7. The number of nitrogens with zero attached hydrogens (tertiary/aromatic N) is 4. The molecule has 0 amide bonds. The second kappa shape index (κ2) is 7.32. The minimum absolute atomic E-state index is 0.00619. The predicted molar refractivity (Wildman–Crippen MR) is 76.4 cm³/mol. The maximum Gasteiger partial charge on any atom is 0.133 e. The maximum atomic E-state index is 8.90. The third kappa shape index (κ3) is 4.26. The number of hydrogen-bond acceptors (Lipinski definition) is 4. The molecule has 0 aliphatic carbocycles. The van der Waals surface area contributed by atoms with Gasteiger partial charge in [-0.1, -0.05) is 6.92 Å². The molecule has 0 N–H and O–H groups in total. The number of anilines is 1. The zero-order chi connectivity index (χ0) is 13.5. The Labute approximate surface area is 117 Å². The third-order valence-electron chi connectivity index (χ3n) is 2.62. The third-order valence-corrected chi connectivity index (χ3v) is 3.03. The summed E-state index contributed by atoms with van der Waals surface area (Å²) in [5.41, 5.74) is 0. The summed E-state index contributed by atoms with van der Waals surface area (Å²) in [4.78, 5) is 11.0. The van der Waals surface area contributed by atoms with E-state index >= 15 is 0 Å². The van der Waals surface area contributed by atoms with Crippen LogP contribution >= 0.6 is 15.9 Å². The largest absolute Gasteiger partial charge is 0.355 e. The number of hydrogen-bond donors (Lipinski definition) is 0. The molecule has 1 aromatic heterocycles. The first-order valence-electron chi connectivity index (χ1n) is 6.28. The predicted octanol–water partition coefficient (Wildman–Crippen LogP) is 3.18. The molecule has 1 heterocycles. The van der Waals surface area contributed by atoms with Crippen molar-refractivity contribution in [2.75, 3.05) is 18.0 Å². The van der Waals surface area contributed by atoms with Crippen LogP contribution in [0.15, 0.2) is 10.7 Å². The minimum Gasteiger partial charge on any atom is -0.355 e. The number of nitriles is 1. The van der Waals surface area contributed by atoms with E-state index in [9.17, 15) is 0 Å². The van der Waals surface area contributed by atoms with Gasteiger partial charge in [0.2, 0.25) is 0 Å². The van der Waals surface area contributed by atoms with Crippen LogP contribution in [-0.2, 0) is 6.42 Å². The van der Waals surface area contributed by atoms with Crippen LogP contribution in [0.1, 0.15) is 33.0 Å². The molecule has 5 heteroatoms. The van der Waals surface area contributed by atoms with E-state index in [1.807, 2.05) is 13.0 Å². The number of rotatable bonds is 6. The summed E-state index contributed by atoms with van der Waals surface area (Å²) in [5.74, 6) is 1.74. The van der Waals surface area contributed by atoms with Crippen molar-refractivity contribution in [3.63, 3.8) is 0 Å². The molecule has 0 fully saturated rings. The minimum atomic E-state index is -0.00619. The molecular formula is C13H19BrN4. The molecule has 18 heavy (non-hydrogen) atoms. The highest BCUT2D eigenvalue weighted by atomic mass is 79.9. The lowest BCUT2D eigenvalue weighted by Gasteiger charge is -2.23. The van der Waals surface area contributed by atoms with Crippen LogP contribution in [0, 0.1) is 17.2 Å². The summed E-state index contributed by atoms with van der Waals surface area (Å²) < 4.78 is 0.805. The van der Waals surface area contributed by atoms with E-state index in [1.54, 1.807) is 0 Å². The Morgan fingerprint density at radius 1 is 1.44 bits per heavy atom. The van der Waals surface area contributed by atoms with E-state index in [2.05, 4.69) is 50.7 Å². The summed E-state index contributed by atoms with van der Waals surface area (Å²) in [6, 6.07) is 4.17. The molecule has 4 nitrogen and oxygen atoms in total. The zero-order valence-electron chi connectivity index (χ0n) is 11.1. The average molecular weight is 311 g/mol. The quantitative estimate of drug-likeness (QED) is 0.757. The first-order valence-corrected chi connectivity index (χ1v) is 7.08. The summed E-state index contributed by atoms with van der Waals surface area (Å²) >= 11 is 3.42. The van der Waals surface area contributed by atoms with Gasteiger partial charge in [-0.2, -0.15) is 5.26 Å². The molecule has 0 radical (unpaired) electrons. The second-order valence-electron chi connectivity index (χ2n) is 4.28. The van der Waals surface area contributed by atoms with Gasteiger partial charge in [-0.15, -0.1) is 0 Å². The van der Waals surface area contributed by atoms with Gasteiger partial charge in [0.05, 0.1) is 12.0 Å². The maximum absolute atomic E-state index is 8.90. The first-order chi connectivity index (χ1) is 8.60. The molecule has 0 saturated carbocycles. The van der Waals surface area contributed by atoms with Crippen LogP contribution < -0.4 is 4.90 Å². The molecule has 0 aliphatic rings. The van der Waals surface area contributed by atoms with Gasteiger partial charge in [-0.25, -0.2) is 9.97 Å². The normalized spacial score (nSPS) is 11.9. The Morgan fingerprint density at radius 3 is 2.72 bits per heavy atom. The molecule has 1 rings (SSSR count).